The minimum Gasteiger partial charge on any atom is -0.394 e. The molecule has 0 aliphatic carbocycles. The SMILES string of the molecule is N#Cc1cccc(CS(=O)(=O)N2CCOC(CO)C2)c1. The summed E-state index contributed by atoms with van der Waals surface area (Å²) in [6.07, 6.45) is -0.469. The Hall–Kier alpha value is -1.46. The molecule has 1 saturated heterocycles. The minimum atomic E-state index is -3.47. The summed E-state index contributed by atoms with van der Waals surface area (Å²) >= 11 is 0. The van der Waals surface area contributed by atoms with Crippen molar-refractivity contribution >= 4 is 10.0 Å². The van der Waals surface area contributed by atoms with Gasteiger partial charge in [0.05, 0.1) is 36.7 Å². The molecule has 1 aliphatic rings. The summed E-state index contributed by atoms with van der Waals surface area (Å²) in [5.74, 6) is -0.152. The first-order valence-electron chi connectivity index (χ1n) is 6.24. The fraction of sp³-hybridized carbons (Fsp3) is 0.462. The van der Waals surface area contributed by atoms with Crippen LogP contribution in [-0.2, 0) is 20.5 Å². The number of sulfonamides is 1. The van der Waals surface area contributed by atoms with E-state index in [1.54, 1.807) is 24.3 Å². The molecule has 1 fully saturated rings. The molecule has 108 valence electrons. The monoisotopic (exact) mass is 296 g/mol. The third-order valence-corrected chi connectivity index (χ3v) is 4.92. The summed E-state index contributed by atoms with van der Waals surface area (Å²) in [6, 6.07) is 8.54. The van der Waals surface area contributed by atoms with Crippen LogP contribution in [0.5, 0.6) is 0 Å². The van der Waals surface area contributed by atoms with Gasteiger partial charge in [-0.25, -0.2) is 8.42 Å². The summed E-state index contributed by atoms with van der Waals surface area (Å²) in [4.78, 5) is 0. The average molecular weight is 296 g/mol. The van der Waals surface area contributed by atoms with E-state index < -0.39 is 16.1 Å². The second kappa shape index (κ2) is 6.33. The van der Waals surface area contributed by atoms with Crippen molar-refractivity contribution in [3.05, 3.63) is 35.4 Å². The summed E-state index contributed by atoms with van der Waals surface area (Å²) in [5.41, 5.74) is 1.02. The molecule has 7 heteroatoms. The molecule has 1 heterocycles. The van der Waals surface area contributed by atoms with Gasteiger partial charge in [0, 0.05) is 13.1 Å². The Balaban J connectivity index is 2.12. The van der Waals surface area contributed by atoms with Gasteiger partial charge in [0.15, 0.2) is 0 Å². The zero-order valence-corrected chi connectivity index (χ0v) is 11.7. The molecule has 1 aromatic carbocycles. The van der Waals surface area contributed by atoms with Crippen LogP contribution in [0.2, 0.25) is 0 Å². The van der Waals surface area contributed by atoms with E-state index in [0.29, 0.717) is 11.1 Å². The van der Waals surface area contributed by atoms with Gasteiger partial charge in [-0.05, 0) is 17.7 Å². The standard InChI is InChI=1S/C13H16N2O4S/c14-7-11-2-1-3-12(6-11)10-20(17,18)15-4-5-19-13(8-15)9-16/h1-3,6,13,16H,4-5,8-10H2. The largest absolute Gasteiger partial charge is 0.394 e. The molecule has 0 aromatic heterocycles. The Morgan fingerprint density at radius 2 is 2.30 bits per heavy atom. The molecule has 0 spiro atoms. The van der Waals surface area contributed by atoms with E-state index in [4.69, 9.17) is 15.1 Å². The first-order chi connectivity index (χ1) is 9.55. The van der Waals surface area contributed by atoms with Crippen LogP contribution >= 0.6 is 0 Å². The van der Waals surface area contributed by atoms with Crippen molar-refractivity contribution in [1.82, 2.24) is 4.31 Å². The van der Waals surface area contributed by atoms with Gasteiger partial charge in [0.2, 0.25) is 10.0 Å². The van der Waals surface area contributed by atoms with E-state index in [2.05, 4.69) is 0 Å². The van der Waals surface area contributed by atoms with Crippen molar-refractivity contribution in [2.24, 2.45) is 0 Å². The van der Waals surface area contributed by atoms with Gasteiger partial charge < -0.3 is 9.84 Å². The fourth-order valence-electron chi connectivity index (χ4n) is 2.09. The van der Waals surface area contributed by atoms with E-state index in [0.717, 1.165) is 0 Å². The predicted octanol–water partition coefficient (Wildman–Crippen LogP) is 0.0812. The highest BCUT2D eigenvalue weighted by molar-refractivity contribution is 7.88. The Morgan fingerprint density at radius 1 is 1.50 bits per heavy atom. The molecule has 0 radical (unpaired) electrons. The second-order valence-corrected chi connectivity index (χ2v) is 6.57. The summed E-state index contributed by atoms with van der Waals surface area (Å²) < 4.78 is 31.2. The van der Waals surface area contributed by atoms with E-state index >= 15 is 0 Å². The van der Waals surface area contributed by atoms with Gasteiger partial charge in [-0.15, -0.1) is 0 Å². The molecule has 2 rings (SSSR count). The lowest BCUT2D eigenvalue weighted by Gasteiger charge is -2.31. The molecule has 1 unspecified atom stereocenters. The Labute approximate surface area is 118 Å². The van der Waals surface area contributed by atoms with Crippen LogP contribution in [0.15, 0.2) is 24.3 Å². The maximum absolute atomic E-state index is 12.3. The molecule has 1 atom stereocenters. The number of rotatable bonds is 4. The highest BCUT2D eigenvalue weighted by atomic mass is 32.2. The molecule has 0 amide bonds. The quantitative estimate of drug-likeness (QED) is 0.850. The zero-order valence-electron chi connectivity index (χ0n) is 10.9. The summed E-state index contributed by atoms with van der Waals surface area (Å²) in [6.45, 7) is 0.534. The third kappa shape index (κ3) is 3.55. The molecule has 1 aromatic rings. The van der Waals surface area contributed by atoms with Gasteiger partial charge in [-0.3, -0.25) is 0 Å². The first kappa shape index (κ1) is 14.9. The van der Waals surface area contributed by atoms with Crippen LogP contribution < -0.4 is 0 Å². The lowest BCUT2D eigenvalue weighted by molar-refractivity contribution is -0.0305. The number of hydrogen-bond acceptors (Lipinski definition) is 5. The van der Waals surface area contributed by atoms with Crippen molar-refractivity contribution in [2.45, 2.75) is 11.9 Å². The molecule has 6 nitrogen and oxygen atoms in total. The van der Waals surface area contributed by atoms with Crippen LogP contribution in [0, 0.1) is 11.3 Å². The molecular formula is C13H16N2O4S. The predicted molar refractivity (Wildman–Crippen MR) is 72.2 cm³/mol. The highest BCUT2D eigenvalue weighted by Gasteiger charge is 2.29. The number of aliphatic hydroxyl groups is 1. The van der Waals surface area contributed by atoms with Gasteiger partial charge in [0.1, 0.15) is 0 Å². The van der Waals surface area contributed by atoms with Crippen LogP contribution in [-0.4, -0.2) is 50.2 Å². The minimum absolute atomic E-state index is 0.152. The molecule has 1 aliphatic heterocycles. The lowest BCUT2D eigenvalue weighted by Crippen LogP contribution is -2.47. The molecule has 1 N–H and O–H groups in total. The van der Waals surface area contributed by atoms with Gasteiger partial charge in [-0.1, -0.05) is 12.1 Å². The molecule has 0 bridgehead atoms. The molecular weight excluding hydrogens is 280 g/mol. The Kier molecular flexibility index (Phi) is 4.73. The van der Waals surface area contributed by atoms with E-state index in [1.807, 2.05) is 6.07 Å². The number of benzene rings is 1. The van der Waals surface area contributed by atoms with Crippen LogP contribution in [0.4, 0.5) is 0 Å². The van der Waals surface area contributed by atoms with Crippen molar-refractivity contribution in [3.8, 4) is 6.07 Å². The van der Waals surface area contributed by atoms with E-state index in [1.165, 1.54) is 4.31 Å². The number of hydrogen-bond donors (Lipinski definition) is 1. The van der Waals surface area contributed by atoms with Gasteiger partial charge in [-0.2, -0.15) is 9.57 Å². The highest BCUT2D eigenvalue weighted by Crippen LogP contribution is 2.15. The first-order valence-corrected chi connectivity index (χ1v) is 7.85. The number of ether oxygens (including phenoxy) is 1. The Bertz CT molecular complexity index is 609. The summed E-state index contributed by atoms with van der Waals surface area (Å²) in [5, 5.41) is 17.9. The van der Waals surface area contributed by atoms with Gasteiger partial charge >= 0.3 is 0 Å². The number of morpholine rings is 1. The van der Waals surface area contributed by atoms with Crippen molar-refractivity contribution in [3.63, 3.8) is 0 Å². The maximum atomic E-state index is 12.3. The normalized spacial score (nSPS) is 20.5. The topological polar surface area (TPSA) is 90.6 Å². The van der Waals surface area contributed by atoms with E-state index in [-0.39, 0.29) is 32.1 Å². The van der Waals surface area contributed by atoms with Crippen molar-refractivity contribution < 1.29 is 18.3 Å². The number of nitriles is 1. The van der Waals surface area contributed by atoms with Crippen molar-refractivity contribution in [2.75, 3.05) is 26.3 Å². The molecule has 20 heavy (non-hydrogen) atoms. The van der Waals surface area contributed by atoms with Gasteiger partial charge in [0.25, 0.3) is 0 Å². The smallest absolute Gasteiger partial charge is 0.218 e. The van der Waals surface area contributed by atoms with E-state index in [9.17, 15) is 8.42 Å². The fourth-order valence-corrected chi connectivity index (χ4v) is 3.62. The third-order valence-electron chi connectivity index (χ3n) is 3.10. The summed E-state index contributed by atoms with van der Waals surface area (Å²) in [7, 11) is -3.47. The molecule has 0 saturated carbocycles. The lowest BCUT2D eigenvalue weighted by atomic mass is 10.2. The van der Waals surface area contributed by atoms with Crippen LogP contribution in [0.25, 0.3) is 0 Å². The second-order valence-electron chi connectivity index (χ2n) is 4.60. The Morgan fingerprint density at radius 3 is 3.00 bits per heavy atom. The van der Waals surface area contributed by atoms with Crippen LogP contribution in [0.3, 0.4) is 0 Å². The maximum Gasteiger partial charge on any atom is 0.218 e. The van der Waals surface area contributed by atoms with Crippen LogP contribution in [0.1, 0.15) is 11.1 Å². The van der Waals surface area contributed by atoms with Crippen molar-refractivity contribution in [1.29, 1.82) is 5.26 Å². The number of aliphatic hydroxyl groups excluding tert-OH is 1. The number of nitrogens with zero attached hydrogens (tertiary/aromatic N) is 2. The average Bonchev–Trinajstić information content (AvgIpc) is 2.47. The zero-order chi connectivity index (χ0) is 14.6.